The van der Waals surface area contributed by atoms with Crippen LogP contribution in [0.2, 0.25) is 0 Å². The Morgan fingerprint density at radius 3 is 2.58 bits per heavy atom. The molecule has 0 aromatic heterocycles. The van der Waals surface area contributed by atoms with Gasteiger partial charge in [-0.05, 0) is 45.4 Å². The second-order valence-corrected chi connectivity index (χ2v) is 9.93. The van der Waals surface area contributed by atoms with Crippen molar-refractivity contribution in [3.05, 3.63) is 58.8 Å². The molecule has 0 radical (unpaired) electrons. The van der Waals surface area contributed by atoms with E-state index in [0.717, 1.165) is 5.56 Å². The Labute approximate surface area is 203 Å². The topological polar surface area (TPSA) is 108 Å². The fourth-order valence-corrected chi connectivity index (χ4v) is 4.33. The largest absolute Gasteiger partial charge is 0.469 e. The van der Waals surface area contributed by atoms with Crippen LogP contribution in [0.3, 0.4) is 0 Å². The Bertz CT molecular complexity index is 994. The Kier molecular flexibility index (Phi) is 10.1. The van der Waals surface area contributed by atoms with Crippen LogP contribution in [0.1, 0.15) is 32.3 Å². The summed E-state index contributed by atoms with van der Waals surface area (Å²) in [5, 5.41) is 10.2. The third-order valence-corrected chi connectivity index (χ3v) is 6.34. The van der Waals surface area contributed by atoms with Gasteiger partial charge in [0.1, 0.15) is 18.3 Å². The third-order valence-electron chi connectivity index (χ3n) is 4.75. The number of hydrogen-bond acceptors (Lipinski definition) is 8. The van der Waals surface area contributed by atoms with Gasteiger partial charge in [-0.25, -0.2) is 0 Å². The van der Waals surface area contributed by atoms with E-state index in [2.05, 4.69) is 26.4 Å². The lowest BCUT2D eigenvalue weighted by molar-refractivity contribution is -0.149. The van der Waals surface area contributed by atoms with Crippen molar-refractivity contribution in [2.75, 3.05) is 7.11 Å². The van der Waals surface area contributed by atoms with Crippen LogP contribution in [0.25, 0.3) is 0 Å². The number of carbonyl (C=O) groups excluding carboxylic acids is 1. The average molecular weight is 545 g/mol. The van der Waals surface area contributed by atoms with Crippen LogP contribution in [0.5, 0.6) is 0 Å². The van der Waals surface area contributed by atoms with Crippen LogP contribution >= 0.6 is 15.9 Å². The first-order chi connectivity index (χ1) is 15.5. The summed E-state index contributed by atoms with van der Waals surface area (Å²) in [7, 11) is -2.84. The number of rotatable bonds is 10. The minimum atomic E-state index is -4.12. The lowest BCUT2D eigenvalue weighted by Crippen LogP contribution is -2.37. The van der Waals surface area contributed by atoms with Crippen molar-refractivity contribution in [1.29, 1.82) is 0 Å². The summed E-state index contributed by atoms with van der Waals surface area (Å²) in [5.74, 6) is -1.46. The van der Waals surface area contributed by atoms with E-state index in [-0.39, 0.29) is 17.7 Å². The van der Waals surface area contributed by atoms with Gasteiger partial charge in [-0.3, -0.25) is 8.98 Å². The predicted octanol–water partition coefficient (Wildman–Crippen LogP) is 3.52. The molecule has 1 aromatic carbocycles. The van der Waals surface area contributed by atoms with Crippen LogP contribution in [-0.2, 0) is 33.3 Å². The van der Waals surface area contributed by atoms with E-state index in [0.29, 0.717) is 0 Å². The van der Waals surface area contributed by atoms with E-state index >= 15 is 0 Å². The molecule has 8 nitrogen and oxygen atoms in total. The lowest BCUT2D eigenvalue weighted by atomic mass is 10.1. The molecule has 182 valence electrons. The monoisotopic (exact) mass is 544 g/mol. The average Bonchev–Trinajstić information content (AvgIpc) is 3.08. The molecule has 1 aliphatic rings. The summed E-state index contributed by atoms with van der Waals surface area (Å²) in [6.45, 7) is 5.24. The van der Waals surface area contributed by atoms with E-state index < -0.39 is 46.3 Å². The molecule has 0 amide bonds. The predicted molar refractivity (Wildman–Crippen MR) is 125 cm³/mol. The maximum atomic E-state index is 12.9. The number of aryl methyl sites for hydroxylation is 1. The molecular weight excluding hydrogens is 516 g/mol. The summed E-state index contributed by atoms with van der Waals surface area (Å²) in [6.07, 6.45) is 1.09. The lowest BCUT2D eigenvalue weighted by Gasteiger charge is -2.22. The van der Waals surface area contributed by atoms with Gasteiger partial charge in [0.15, 0.2) is 5.79 Å². The molecule has 2 rings (SSSR count). The van der Waals surface area contributed by atoms with E-state index in [9.17, 15) is 18.3 Å². The maximum Gasteiger partial charge on any atom is 0.305 e. The molecule has 1 heterocycles. The molecule has 1 aromatic rings. The second kappa shape index (κ2) is 12.1. The molecular formula is C23H29BrO8S. The van der Waals surface area contributed by atoms with E-state index in [1.54, 1.807) is 32.1 Å². The standard InChI is InChI=1S/C23H29BrO8S/c1-16-7-11-18(12-8-16)33(27,28)32-20(6-5-15-24)22-19(30-23(2,3)31-22)13-9-17(25)10-14-21(26)29-4/h6-9,11-13,15,17,19-20,22,25H,10,14H2,1-4H3/b13-9+/t5?,17?,19-,20-,22+/m1/s1. The molecule has 33 heavy (non-hydrogen) atoms. The fourth-order valence-electron chi connectivity index (χ4n) is 3.14. The maximum absolute atomic E-state index is 12.9. The van der Waals surface area contributed by atoms with E-state index in [1.165, 1.54) is 36.4 Å². The smallest absolute Gasteiger partial charge is 0.305 e. The summed E-state index contributed by atoms with van der Waals surface area (Å²) in [5.41, 5.74) is 3.69. The second-order valence-electron chi connectivity index (χ2n) is 7.90. The Morgan fingerprint density at radius 2 is 1.97 bits per heavy atom. The van der Waals surface area contributed by atoms with Crippen LogP contribution in [0.4, 0.5) is 0 Å². The van der Waals surface area contributed by atoms with Crippen molar-refractivity contribution in [3.63, 3.8) is 0 Å². The molecule has 1 N–H and O–H groups in total. The van der Waals surface area contributed by atoms with Crippen molar-refractivity contribution >= 4 is 32.0 Å². The van der Waals surface area contributed by atoms with Crippen LogP contribution < -0.4 is 0 Å². The molecule has 4 atom stereocenters. The molecule has 1 saturated heterocycles. The Morgan fingerprint density at radius 1 is 1.30 bits per heavy atom. The highest BCUT2D eigenvalue weighted by molar-refractivity contribution is 9.11. The number of aliphatic hydroxyl groups excluding tert-OH is 1. The molecule has 1 fully saturated rings. The number of esters is 1. The summed E-state index contributed by atoms with van der Waals surface area (Å²) in [6, 6.07) is 6.30. The molecule has 1 unspecified atom stereocenters. The number of carbonyl (C=O) groups is 1. The van der Waals surface area contributed by atoms with Gasteiger partial charge in [0.2, 0.25) is 0 Å². The van der Waals surface area contributed by atoms with Crippen molar-refractivity contribution in [3.8, 4) is 0 Å². The summed E-state index contributed by atoms with van der Waals surface area (Å²) < 4.78 is 47.7. The van der Waals surface area contributed by atoms with Crippen LogP contribution in [0, 0.1) is 6.92 Å². The van der Waals surface area contributed by atoms with Gasteiger partial charge in [-0.2, -0.15) is 8.42 Å². The van der Waals surface area contributed by atoms with Gasteiger partial charge in [0.05, 0.1) is 18.1 Å². The van der Waals surface area contributed by atoms with Crippen LogP contribution in [0.15, 0.2) is 58.1 Å². The number of hydrogen-bond donors (Lipinski definition) is 1. The highest BCUT2D eigenvalue weighted by atomic mass is 79.9. The van der Waals surface area contributed by atoms with Crippen molar-refractivity contribution in [1.82, 2.24) is 0 Å². The minimum absolute atomic E-state index is 0.0119. The van der Waals surface area contributed by atoms with Crippen LogP contribution in [-0.4, -0.2) is 56.8 Å². The normalized spacial score (nSPS) is 21.9. The summed E-state index contributed by atoms with van der Waals surface area (Å²) >= 11 is 3.11. The molecule has 0 spiro atoms. The third kappa shape index (κ3) is 8.50. The van der Waals surface area contributed by atoms with Crippen molar-refractivity contribution in [2.45, 2.75) is 68.7 Å². The number of halogens is 1. The number of benzene rings is 1. The first kappa shape index (κ1) is 27.5. The highest BCUT2D eigenvalue weighted by Gasteiger charge is 2.45. The van der Waals surface area contributed by atoms with Gasteiger partial charge < -0.3 is 19.3 Å². The zero-order valence-corrected chi connectivity index (χ0v) is 21.3. The quantitative estimate of drug-likeness (QED) is 0.206. The van der Waals surface area contributed by atoms with Crippen molar-refractivity contribution < 1.29 is 36.7 Å². The van der Waals surface area contributed by atoms with Crippen molar-refractivity contribution in [2.24, 2.45) is 0 Å². The highest BCUT2D eigenvalue weighted by Crippen LogP contribution is 2.33. The molecule has 1 aliphatic heterocycles. The number of methoxy groups -OCH3 is 1. The zero-order chi connectivity index (χ0) is 24.6. The molecule has 0 aliphatic carbocycles. The SMILES string of the molecule is COC(=O)CCC(O)/C=C/[C@H]1OC(C)(C)O[C@@H]1[C@@H](C=C=CBr)OS(=O)(=O)c1ccc(C)cc1. The van der Waals surface area contributed by atoms with Gasteiger partial charge in [-0.1, -0.05) is 45.8 Å². The first-order valence-corrected chi connectivity index (χ1v) is 12.6. The first-order valence-electron chi connectivity index (χ1n) is 10.3. The Hall–Kier alpha value is -1.78. The van der Waals surface area contributed by atoms with Gasteiger partial charge in [0, 0.05) is 11.4 Å². The number of aliphatic hydroxyl groups is 1. The number of ether oxygens (including phenoxy) is 3. The fraction of sp³-hybridized carbons (Fsp3) is 0.478. The zero-order valence-electron chi connectivity index (χ0n) is 18.9. The molecule has 0 saturated carbocycles. The van der Waals surface area contributed by atoms with E-state index in [4.69, 9.17) is 13.7 Å². The molecule has 0 bridgehead atoms. The van der Waals surface area contributed by atoms with Gasteiger partial charge >= 0.3 is 5.97 Å². The minimum Gasteiger partial charge on any atom is -0.469 e. The van der Waals surface area contributed by atoms with Gasteiger partial charge in [0.25, 0.3) is 10.1 Å². The molecule has 10 heteroatoms. The van der Waals surface area contributed by atoms with Gasteiger partial charge in [-0.15, -0.1) is 5.73 Å². The Balaban J connectivity index is 2.26. The summed E-state index contributed by atoms with van der Waals surface area (Å²) in [4.78, 5) is 12.7. The van der Waals surface area contributed by atoms with E-state index in [1.807, 2.05) is 6.92 Å².